The summed E-state index contributed by atoms with van der Waals surface area (Å²) in [5, 5.41) is 20.9. The summed E-state index contributed by atoms with van der Waals surface area (Å²) in [5.74, 6) is -0.0243. The van der Waals surface area contributed by atoms with Crippen molar-refractivity contribution in [3.8, 4) is 0 Å². The average molecular weight is 642 g/mol. The SMILES string of the molecule is CCCN(C)C(=O)N[C@H](C(=O)NC(Cc1ccccc1)[C@H](O)CN1CC2CCCC[C@H]2CC1C(=O)NC(C)(C)C)C(C)CC(C)=O. The molecule has 10 nitrogen and oxygen atoms in total. The summed E-state index contributed by atoms with van der Waals surface area (Å²) >= 11 is 0. The van der Waals surface area contributed by atoms with Crippen molar-refractivity contribution in [3.05, 3.63) is 35.9 Å². The maximum absolute atomic E-state index is 14.0. The van der Waals surface area contributed by atoms with Crippen molar-refractivity contribution in [2.45, 2.75) is 123 Å². The molecule has 0 radical (unpaired) electrons. The van der Waals surface area contributed by atoms with Gasteiger partial charge in [0.25, 0.3) is 0 Å². The van der Waals surface area contributed by atoms with E-state index in [-0.39, 0.29) is 42.3 Å². The lowest BCUT2D eigenvalue weighted by molar-refractivity contribution is -0.133. The normalized spacial score (nSPS) is 22.8. The summed E-state index contributed by atoms with van der Waals surface area (Å²) in [6.45, 7) is 12.6. The van der Waals surface area contributed by atoms with Crippen molar-refractivity contribution in [1.82, 2.24) is 25.8 Å². The Kier molecular flexibility index (Phi) is 14.1. The molecule has 0 spiro atoms. The lowest BCUT2D eigenvalue weighted by atomic mass is 9.72. The van der Waals surface area contributed by atoms with Gasteiger partial charge in [0, 0.05) is 38.6 Å². The molecule has 10 heteroatoms. The molecule has 1 aromatic rings. The number of Topliss-reactive ketones (excluding diaryl/α,β-unsaturated/α-hetero) is 1. The molecule has 4 N–H and O–H groups in total. The Hall–Kier alpha value is -2.98. The number of fused-ring (bicyclic) bond motifs is 1. The Balaban J connectivity index is 1.87. The standard InChI is InChI=1S/C36H59N5O5/c1-8-18-40(7)35(46)38-32(24(2)19-25(3)42)34(45)37-29(20-26-14-10-9-11-15-26)31(43)23-41-22-28-17-13-12-16-27(28)21-30(41)33(44)39-36(4,5)6/h9-11,14-15,24,27-32,43H,8,12-13,16-23H2,1-7H3,(H,37,45)(H,38,46)(H,39,44)/t24?,27-,28?,29?,30?,31+,32-/m0/s1. The van der Waals surface area contributed by atoms with Crippen LogP contribution in [-0.2, 0) is 20.8 Å². The van der Waals surface area contributed by atoms with Gasteiger partial charge in [-0.15, -0.1) is 0 Å². The summed E-state index contributed by atoms with van der Waals surface area (Å²) in [5.41, 5.74) is 0.565. The largest absolute Gasteiger partial charge is 0.390 e. The van der Waals surface area contributed by atoms with Crippen molar-refractivity contribution in [2.75, 3.05) is 26.7 Å². The number of benzene rings is 1. The van der Waals surface area contributed by atoms with E-state index in [0.717, 1.165) is 37.8 Å². The van der Waals surface area contributed by atoms with E-state index in [1.165, 1.54) is 24.7 Å². The van der Waals surface area contributed by atoms with Crippen LogP contribution in [0.2, 0.25) is 0 Å². The minimum Gasteiger partial charge on any atom is -0.390 e. The van der Waals surface area contributed by atoms with Gasteiger partial charge in [-0.3, -0.25) is 14.5 Å². The van der Waals surface area contributed by atoms with E-state index < -0.39 is 30.0 Å². The maximum Gasteiger partial charge on any atom is 0.317 e. The van der Waals surface area contributed by atoms with Gasteiger partial charge in [-0.1, -0.05) is 63.4 Å². The highest BCUT2D eigenvalue weighted by molar-refractivity contribution is 5.88. The van der Waals surface area contributed by atoms with Crippen LogP contribution < -0.4 is 16.0 Å². The van der Waals surface area contributed by atoms with Gasteiger partial charge in [0.05, 0.1) is 18.2 Å². The highest BCUT2D eigenvalue weighted by atomic mass is 16.3. The Morgan fingerprint density at radius 2 is 1.70 bits per heavy atom. The number of nitrogens with zero attached hydrogens (tertiary/aromatic N) is 2. The lowest BCUT2D eigenvalue weighted by Gasteiger charge is -2.47. The van der Waals surface area contributed by atoms with Crippen LogP contribution in [0, 0.1) is 17.8 Å². The van der Waals surface area contributed by atoms with Gasteiger partial charge < -0.3 is 30.8 Å². The fourth-order valence-electron chi connectivity index (χ4n) is 7.14. The van der Waals surface area contributed by atoms with E-state index in [1.807, 2.05) is 58.0 Å². The summed E-state index contributed by atoms with van der Waals surface area (Å²) in [7, 11) is 1.67. The molecular formula is C36H59N5O5. The van der Waals surface area contributed by atoms with Crippen LogP contribution >= 0.6 is 0 Å². The zero-order chi connectivity index (χ0) is 34.0. The first-order chi connectivity index (χ1) is 21.7. The molecule has 1 saturated heterocycles. The molecule has 2 fully saturated rings. The van der Waals surface area contributed by atoms with Crippen LogP contribution in [0.15, 0.2) is 30.3 Å². The van der Waals surface area contributed by atoms with Crippen molar-refractivity contribution in [3.63, 3.8) is 0 Å². The van der Waals surface area contributed by atoms with Crippen LogP contribution in [0.4, 0.5) is 4.79 Å². The maximum atomic E-state index is 14.0. The van der Waals surface area contributed by atoms with Crippen molar-refractivity contribution >= 4 is 23.6 Å². The molecule has 1 saturated carbocycles. The number of ketones is 1. The number of amides is 4. The molecular weight excluding hydrogens is 582 g/mol. The monoisotopic (exact) mass is 641 g/mol. The summed E-state index contributed by atoms with van der Waals surface area (Å²) in [6, 6.07) is 7.26. The van der Waals surface area contributed by atoms with E-state index in [4.69, 9.17) is 0 Å². The zero-order valence-electron chi connectivity index (χ0n) is 29.2. The van der Waals surface area contributed by atoms with E-state index >= 15 is 0 Å². The van der Waals surface area contributed by atoms with E-state index in [9.17, 15) is 24.3 Å². The summed E-state index contributed by atoms with van der Waals surface area (Å²) < 4.78 is 0. The fourth-order valence-corrected chi connectivity index (χ4v) is 7.14. The molecule has 2 aliphatic rings. The number of carbonyl (C=O) groups is 4. The topological polar surface area (TPSA) is 131 Å². The van der Waals surface area contributed by atoms with E-state index in [0.29, 0.717) is 24.8 Å². The molecule has 0 aromatic heterocycles. The van der Waals surface area contributed by atoms with Gasteiger partial charge in [-0.25, -0.2) is 4.79 Å². The number of carbonyl (C=O) groups excluding carboxylic acids is 4. The third-order valence-corrected chi connectivity index (χ3v) is 9.46. The molecule has 1 heterocycles. The first-order valence-electron chi connectivity index (χ1n) is 17.3. The number of β-amino-alcohol motifs (C(OH)–C–C–N with tert-alkyl or cyclic N) is 1. The van der Waals surface area contributed by atoms with Crippen molar-refractivity contribution in [1.29, 1.82) is 0 Å². The van der Waals surface area contributed by atoms with Gasteiger partial charge in [-0.05, 0) is 76.7 Å². The predicted molar refractivity (Wildman–Crippen MR) is 181 cm³/mol. The fraction of sp³-hybridized carbons (Fsp3) is 0.722. The van der Waals surface area contributed by atoms with Crippen LogP contribution in [0.1, 0.15) is 92.1 Å². The summed E-state index contributed by atoms with van der Waals surface area (Å²) in [6.07, 6.45) is 5.66. The number of hydrogen-bond donors (Lipinski definition) is 4. The van der Waals surface area contributed by atoms with Crippen molar-refractivity contribution in [2.24, 2.45) is 17.8 Å². The van der Waals surface area contributed by atoms with Crippen LogP contribution in [0.25, 0.3) is 0 Å². The Bertz CT molecular complexity index is 1160. The molecule has 46 heavy (non-hydrogen) atoms. The second-order valence-electron chi connectivity index (χ2n) is 14.9. The average Bonchev–Trinajstić information content (AvgIpc) is 2.98. The first-order valence-corrected chi connectivity index (χ1v) is 17.3. The van der Waals surface area contributed by atoms with Gasteiger partial charge in [-0.2, -0.15) is 0 Å². The quantitative estimate of drug-likeness (QED) is 0.244. The van der Waals surface area contributed by atoms with Crippen LogP contribution in [-0.4, -0.2) is 95.0 Å². The molecule has 1 aromatic carbocycles. The first kappa shape index (κ1) is 37.5. The number of aliphatic hydroxyl groups is 1. The number of rotatable bonds is 14. The lowest BCUT2D eigenvalue weighted by Crippen LogP contribution is -2.61. The van der Waals surface area contributed by atoms with E-state index in [2.05, 4.69) is 20.9 Å². The smallest absolute Gasteiger partial charge is 0.317 e. The second kappa shape index (κ2) is 17.3. The van der Waals surface area contributed by atoms with Crippen LogP contribution in [0.3, 0.4) is 0 Å². The number of urea groups is 1. The molecule has 1 aliphatic heterocycles. The minimum atomic E-state index is -0.989. The van der Waals surface area contributed by atoms with E-state index in [1.54, 1.807) is 14.0 Å². The number of nitrogens with one attached hydrogen (secondary N) is 3. The highest BCUT2D eigenvalue weighted by Crippen LogP contribution is 2.39. The Labute approximate surface area is 276 Å². The zero-order valence-corrected chi connectivity index (χ0v) is 29.2. The van der Waals surface area contributed by atoms with Gasteiger partial charge in [0.15, 0.2) is 0 Å². The molecule has 4 unspecified atom stereocenters. The van der Waals surface area contributed by atoms with Crippen molar-refractivity contribution < 1.29 is 24.3 Å². The molecule has 3 rings (SSSR count). The third kappa shape index (κ3) is 11.4. The third-order valence-electron chi connectivity index (χ3n) is 9.46. The number of hydrogen-bond acceptors (Lipinski definition) is 6. The second-order valence-corrected chi connectivity index (χ2v) is 14.9. The van der Waals surface area contributed by atoms with Gasteiger partial charge in [0.2, 0.25) is 11.8 Å². The Morgan fingerprint density at radius 3 is 2.30 bits per heavy atom. The number of piperidine rings is 1. The Morgan fingerprint density at radius 1 is 1.04 bits per heavy atom. The minimum absolute atomic E-state index is 0.0237. The van der Waals surface area contributed by atoms with Gasteiger partial charge >= 0.3 is 6.03 Å². The molecule has 1 aliphatic carbocycles. The molecule has 0 bridgehead atoms. The molecule has 4 amide bonds. The van der Waals surface area contributed by atoms with Crippen LogP contribution in [0.5, 0.6) is 0 Å². The number of likely N-dealkylation sites (tertiary alicyclic amines) is 1. The highest BCUT2D eigenvalue weighted by Gasteiger charge is 2.42. The predicted octanol–water partition coefficient (Wildman–Crippen LogP) is 3.91. The number of aliphatic hydroxyl groups excluding tert-OH is 1. The molecule has 7 atom stereocenters. The molecule has 258 valence electrons. The summed E-state index contributed by atoms with van der Waals surface area (Å²) in [4.78, 5) is 56.2. The van der Waals surface area contributed by atoms with Gasteiger partial charge in [0.1, 0.15) is 11.8 Å².